The summed E-state index contributed by atoms with van der Waals surface area (Å²) in [5.41, 5.74) is 8.14. The smallest absolute Gasteiger partial charge is 0.233 e. The SMILES string of the molecule is CC.CC.CO.COc1[nH]ncc1Nc1nc(N2CCC(N)C2)nc2c1ncn2C. The quantitative estimate of drug-likeness (QED) is 0.497. The molecule has 168 valence electrons. The molecule has 0 amide bonds. The maximum atomic E-state index is 7.00. The molecule has 3 aromatic heterocycles. The van der Waals surface area contributed by atoms with Crippen LogP contribution in [0, 0.1) is 0 Å². The average molecular weight is 422 g/mol. The van der Waals surface area contributed by atoms with E-state index in [1.165, 1.54) is 0 Å². The minimum absolute atomic E-state index is 0.154. The molecule has 0 aromatic carbocycles. The fourth-order valence-corrected chi connectivity index (χ4v) is 2.84. The number of methoxy groups -OCH3 is 1. The van der Waals surface area contributed by atoms with E-state index < -0.39 is 0 Å². The van der Waals surface area contributed by atoms with Crippen molar-refractivity contribution >= 4 is 28.6 Å². The number of nitrogens with two attached hydrogens (primary N) is 1. The molecule has 1 fully saturated rings. The number of aliphatic hydroxyl groups is 1. The summed E-state index contributed by atoms with van der Waals surface area (Å²) >= 11 is 0. The molecular formula is C19H35N9O2. The molecule has 0 saturated carbocycles. The van der Waals surface area contributed by atoms with Crippen molar-refractivity contribution in [3.05, 3.63) is 12.5 Å². The van der Waals surface area contributed by atoms with Gasteiger partial charge in [-0.1, -0.05) is 27.7 Å². The molecule has 0 aliphatic carbocycles. The minimum atomic E-state index is 0.154. The summed E-state index contributed by atoms with van der Waals surface area (Å²) < 4.78 is 7.11. The number of fused-ring (bicyclic) bond motifs is 1. The maximum Gasteiger partial charge on any atom is 0.233 e. The summed E-state index contributed by atoms with van der Waals surface area (Å²) in [5, 5.41) is 17.0. The lowest BCUT2D eigenvalue weighted by molar-refractivity contribution is 0.398. The number of rotatable bonds is 4. The molecule has 0 bridgehead atoms. The first kappa shape index (κ1) is 25.1. The largest absolute Gasteiger partial charge is 0.480 e. The van der Waals surface area contributed by atoms with Gasteiger partial charge in [0.05, 0.1) is 19.6 Å². The van der Waals surface area contributed by atoms with Gasteiger partial charge >= 0.3 is 0 Å². The number of imidazole rings is 1. The Morgan fingerprint density at radius 1 is 1.23 bits per heavy atom. The van der Waals surface area contributed by atoms with E-state index in [1.807, 2.05) is 39.3 Å². The first-order valence-corrected chi connectivity index (χ1v) is 10.1. The summed E-state index contributed by atoms with van der Waals surface area (Å²) in [5.74, 6) is 1.78. The summed E-state index contributed by atoms with van der Waals surface area (Å²) in [6.45, 7) is 9.59. The number of aromatic nitrogens is 6. The summed E-state index contributed by atoms with van der Waals surface area (Å²) in [6.07, 6.45) is 4.29. The Bertz CT molecular complexity index is 878. The number of nitrogens with zero attached hydrogens (tertiary/aromatic N) is 6. The number of anilines is 3. The Morgan fingerprint density at radius 2 is 1.93 bits per heavy atom. The van der Waals surface area contributed by atoms with Crippen molar-refractivity contribution in [3.63, 3.8) is 0 Å². The molecule has 30 heavy (non-hydrogen) atoms. The molecule has 5 N–H and O–H groups in total. The van der Waals surface area contributed by atoms with Crippen molar-refractivity contribution in [1.82, 2.24) is 29.7 Å². The van der Waals surface area contributed by atoms with Crippen molar-refractivity contribution in [1.29, 1.82) is 0 Å². The molecule has 0 radical (unpaired) electrons. The second kappa shape index (κ2) is 12.6. The number of aromatic amines is 1. The average Bonchev–Trinajstić information content (AvgIpc) is 3.53. The normalized spacial score (nSPS) is 14.7. The summed E-state index contributed by atoms with van der Waals surface area (Å²) in [7, 11) is 4.48. The van der Waals surface area contributed by atoms with Crippen LogP contribution in [0.1, 0.15) is 34.1 Å². The lowest BCUT2D eigenvalue weighted by Gasteiger charge is -2.17. The number of hydrogen-bond acceptors (Lipinski definition) is 9. The Kier molecular flexibility index (Phi) is 10.6. The van der Waals surface area contributed by atoms with Crippen LogP contribution >= 0.6 is 0 Å². The Morgan fingerprint density at radius 3 is 2.53 bits per heavy atom. The molecule has 3 aromatic rings. The van der Waals surface area contributed by atoms with Gasteiger partial charge in [0.25, 0.3) is 0 Å². The molecule has 1 saturated heterocycles. The number of ether oxygens (including phenoxy) is 1. The zero-order chi connectivity index (χ0) is 22.7. The third-order valence-electron chi connectivity index (χ3n) is 4.12. The van der Waals surface area contributed by atoms with Gasteiger partial charge in [-0.2, -0.15) is 15.1 Å². The topological polar surface area (TPSA) is 143 Å². The molecule has 4 heterocycles. The van der Waals surface area contributed by atoms with Crippen molar-refractivity contribution < 1.29 is 9.84 Å². The highest BCUT2D eigenvalue weighted by Gasteiger charge is 2.24. The van der Waals surface area contributed by atoms with Gasteiger partial charge in [-0.15, -0.1) is 0 Å². The summed E-state index contributed by atoms with van der Waals surface area (Å²) in [4.78, 5) is 15.8. The van der Waals surface area contributed by atoms with Crippen LogP contribution in [0.15, 0.2) is 12.5 Å². The number of H-pyrrole nitrogens is 1. The molecule has 11 heteroatoms. The van der Waals surface area contributed by atoms with E-state index in [0.29, 0.717) is 28.9 Å². The van der Waals surface area contributed by atoms with E-state index >= 15 is 0 Å². The standard InChI is InChI=1S/C14H19N9O.2C2H6.CH4O/c1-22-7-16-10-11(18-9-5-17-21-13(9)24-2)19-14(20-12(10)22)23-4-3-8(15)6-23;3*1-2/h5,7-8H,3-4,6,15H2,1-2H3,(H,17,21)(H,18,19,20);2*1-2H3;2H,1H3. The number of aliphatic hydroxyl groups excluding tert-OH is 1. The van der Waals surface area contributed by atoms with Crippen LogP contribution in [0.5, 0.6) is 5.88 Å². The van der Waals surface area contributed by atoms with E-state index in [1.54, 1.807) is 19.6 Å². The molecule has 11 nitrogen and oxygen atoms in total. The molecule has 4 rings (SSSR count). The third kappa shape index (κ3) is 5.57. The van der Waals surface area contributed by atoms with Gasteiger partial charge in [0.15, 0.2) is 17.0 Å². The Balaban J connectivity index is 0.000000691. The van der Waals surface area contributed by atoms with Gasteiger partial charge in [0.2, 0.25) is 11.8 Å². The third-order valence-corrected chi connectivity index (χ3v) is 4.12. The van der Waals surface area contributed by atoms with Crippen molar-refractivity contribution in [2.24, 2.45) is 12.8 Å². The molecular weight excluding hydrogens is 386 g/mol. The van der Waals surface area contributed by atoms with Crippen molar-refractivity contribution in [3.8, 4) is 5.88 Å². The predicted octanol–water partition coefficient (Wildman–Crippen LogP) is 2.04. The molecule has 0 spiro atoms. The van der Waals surface area contributed by atoms with Gasteiger partial charge < -0.3 is 30.4 Å². The van der Waals surface area contributed by atoms with Crippen LogP contribution in [0.2, 0.25) is 0 Å². The predicted molar refractivity (Wildman–Crippen MR) is 120 cm³/mol. The van der Waals surface area contributed by atoms with Crippen LogP contribution in [0.25, 0.3) is 11.2 Å². The zero-order valence-electron chi connectivity index (χ0n) is 19.0. The fourth-order valence-electron chi connectivity index (χ4n) is 2.84. The van der Waals surface area contributed by atoms with Gasteiger partial charge in [-0.05, 0) is 6.42 Å². The Hall–Kier alpha value is -2.92. The van der Waals surface area contributed by atoms with Gasteiger partial charge in [-0.3, -0.25) is 0 Å². The number of nitrogens with one attached hydrogen (secondary N) is 2. The highest BCUT2D eigenvalue weighted by Crippen LogP contribution is 2.29. The maximum absolute atomic E-state index is 7.00. The lowest BCUT2D eigenvalue weighted by Crippen LogP contribution is -2.27. The van der Waals surface area contributed by atoms with E-state index in [4.69, 9.17) is 15.6 Å². The highest BCUT2D eigenvalue weighted by atomic mass is 16.5. The van der Waals surface area contributed by atoms with Crippen LogP contribution < -0.4 is 20.7 Å². The molecule has 1 aliphatic rings. The van der Waals surface area contributed by atoms with Gasteiger partial charge in [0.1, 0.15) is 5.69 Å². The minimum Gasteiger partial charge on any atom is -0.480 e. The van der Waals surface area contributed by atoms with Gasteiger partial charge in [-0.25, -0.2) is 10.1 Å². The lowest BCUT2D eigenvalue weighted by atomic mass is 10.3. The van der Waals surface area contributed by atoms with Crippen LogP contribution in [-0.2, 0) is 7.05 Å². The van der Waals surface area contributed by atoms with E-state index in [0.717, 1.165) is 32.3 Å². The van der Waals surface area contributed by atoms with E-state index in [-0.39, 0.29) is 6.04 Å². The van der Waals surface area contributed by atoms with Crippen LogP contribution in [0.4, 0.5) is 17.5 Å². The van der Waals surface area contributed by atoms with Crippen LogP contribution in [0.3, 0.4) is 0 Å². The zero-order valence-corrected chi connectivity index (χ0v) is 19.0. The monoisotopic (exact) mass is 421 g/mol. The molecule has 1 atom stereocenters. The number of aryl methyl sites for hydroxylation is 1. The highest BCUT2D eigenvalue weighted by molar-refractivity contribution is 5.87. The number of hydrogen-bond donors (Lipinski definition) is 4. The van der Waals surface area contributed by atoms with Crippen molar-refractivity contribution in [2.75, 3.05) is 37.5 Å². The van der Waals surface area contributed by atoms with E-state index in [9.17, 15) is 0 Å². The van der Waals surface area contributed by atoms with Crippen LogP contribution in [-0.4, -0.2) is 68.2 Å². The summed E-state index contributed by atoms with van der Waals surface area (Å²) in [6, 6.07) is 0.154. The fraction of sp³-hybridized carbons (Fsp3) is 0.579. The molecule has 1 unspecified atom stereocenters. The second-order valence-electron chi connectivity index (χ2n) is 5.84. The van der Waals surface area contributed by atoms with E-state index in [2.05, 4.69) is 35.4 Å². The first-order chi connectivity index (χ1) is 14.7. The van der Waals surface area contributed by atoms with Crippen molar-refractivity contribution in [2.45, 2.75) is 40.2 Å². The Labute approximate surface area is 177 Å². The second-order valence-corrected chi connectivity index (χ2v) is 5.84. The first-order valence-electron chi connectivity index (χ1n) is 10.1. The molecule has 1 aliphatic heterocycles. The van der Waals surface area contributed by atoms with Gasteiger partial charge in [0, 0.05) is 33.3 Å².